The third kappa shape index (κ3) is 2.89. The van der Waals surface area contributed by atoms with Crippen LogP contribution in [0.15, 0.2) is 23.9 Å². The van der Waals surface area contributed by atoms with Gasteiger partial charge in [-0.25, -0.2) is 0 Å². The smallest absolute Gasteiger partial charge is 0.0480 e. The number of hydrogen-bond acceptors (Lipinski definition) is 2. The van der Waals surface area contributed by atoms with E-state index in [1.807, 2.05) is 19.3 Å². The van der Waals surface area contributed by atoms with E-state index in [-0.39, 0.29) is 0 Å². The minimum Gasteiger partial charge on any atom is -0.377 e. The van der Waals surface area contributed by atoms with Gasteiger partial charge in [0.2, 0.25) is 0 Å². The Morgan fingerprint density at radius 1 is 1.73 bits per heavy atom. The monoisotopic (exact) mass is 171 g/mol. The van der Waals surface area contributed by atoms with Crippen LogP contribution in [-0.4, -0.2) is 34.7 Å². The van der Waals surface area contributed by atoms with E-state index in [0.29, 0.717) is 5.75 Å². The van der Waals surface area contributed by atoms with Crippen LogP contribution >= 0.6 is 0 Å². The van der Waals surface area contributed by atoms with Gasteiger partial charge in [0, 0.05) is 36.4 Å². The van der Waals surface area contributed by atoms with E-state index >= 15 is 0 Å². The zero-order valence-corrected chi connectivity index (χ0v) is 7.73. The molecule has 0 saturated heterocycles. The van der Waals surface area contributed by atoms with E-state index < -0.39 is 10.8 Å². The molecule has 62 valence electrons. The van der Waals surface area contributed by atoms with Gasteiger partial charge in [-0.1, -0.05) is 6.08 Å². The molecule has 2 nitrogen and oxygen atoms in total. The number of likely N-dealkylation sites (N-methyl/N-ethyl adjacent to an activating group) is 1. The molecular weight excluding hydrogens is 158 g/mol. The summed E-state index contributed by atoms with van der Waals surface area (Å²) < 4.78 is 10.8. The van der Waals surface area contributed by atoms with Gasteiger partial charge in [-0.15, -0.1) is 0 Å². The molecule has 3 heteroatoms. The van der Waals surface area contributed by atoms with Gasteiger partial charge in [0.25, 0.3) is 0 Å². The molecule has 1 rings (SSSR count). The molecule has 1 atom stereocenters. The highest BCUT2D eigenvalue weighted by atomic mass is 32.2. The van der Waals surface area contributed by atoms with Gasteiger partial charge in [0.1, 0.15) is 0 Å². The fourth-order valence-corrected chi connectivity index (χ4v) is 1.64. The topological polar surface area (TPSA) is 20.3 Å². The van der Waals surface area contributed by atoms with Crippen molar-refractivity contribution in [1.82, 2.24) is 4.90 Å². The Bertz CT molecular complexity index is 220. The van der Waals surface area contributed by atoms with Crippen LogP contribution in [0.1, 0.15) is 0 Å². The fraction of sp³-hybridized carbons (Fsp3) is 0.500. The highest BCUT2D eigenvalue weighted by Gasteiger charge is 2.01. The molecule has 0 bridgehead atoms. The fourth-order valence-electron chi connectivity index (χ4n) is 0.955. The molecule has 1 aliphatic rings. The average molecular weight is 171 g/mol. The van der Waals surface area contributed by atoms with Gasteiger partial charge in [-0.05, 0) is 17.8 Å². The van der Waals surface area contributed by atoms with Crippen molar-refractivity contribution < 1.29 is 4.21 Å². The Hall–Kier alpha value is -0.570. The Labute approximate surface area is 70.0 Å². The molecule has 0 aromatic heterocycles. The Morgan fingerprint density at radius 2 is 2.45 bits per heavy atom. The molecule has 1 aliphatic heterocycles. The summed E-state index contributed by atoms with van der Waals surface area (Å²) in [4.78, 5) is 2.09. The maximum atomic E-state index is 10.8. The lowest BCUT2D eigenvalue weighted by molar-refractivity contribution is 0.502. The summed E-state index contributed by atoms with van der Waals surface area (Å²) in [6.07, 6.45) is 7.88. The molecule has 0 fully saturated rings. The molecule has 1 heterocycles. The predicted molar refractivity (Wildman–Crippen MR) is 48.8 cm³/mol. The van der Waals surface area contributed by atoms with Crippen molar-refractivity contribution in [3.63, 3.8) is 0 Å². The average Bonchev–Trinajstić information content (AvgIpc) is 1.93. The van der Waals surface area contributed by atoms with E-state index in [9.17, 15) is 4.21 Å². The van der Waals surface area contributed by atoms with Crippen molar-refractivity contribution >= 4 is 10.8 Å². The maximum absolute atomic E-state index is 10.8. The highest BCUT2D eigenvalue weighted by Crippen LogP contribution is 2.05. The third-order valence-electron chi connectivity index (χ3n) is 1.55. The summed E-state index contributed by atoms with van der Waals surface area (Å²) in [7, 11) is 1.31. The quantitative estimate of drug-likeness (QED) is 0.611. The Morgan fingerprint density at radius 3 is 2.91 bits per heavy atom. The van der Waals surface area contributed by atoms with Crippen LogP contribution in [0, 0.1) is 0 Å². The van der Waals surface area contributed by atoms with Gasteiger partial charge >= 0.3 is 0 Å². The van der Waals surface area contributed by atoms with Crippen LogP contribution in [0.5, 0.6) is 0 Å². The zero-order chi connectivity index (χ0) is 8.27. The van der Waals surface area contributed by atoms with Crippen LogP contribution in [0.2, 0.25) is 0 Å². The van der Waals surface area contributed by atoms with Crippen molar-refractivity contribution in [2.75, 3.05) is 25.6 Å². The van der Waals surface area contributed by atoms with Gasteiger partial charge < -0.3 is 4.90 Å². The third-order valence-corrected chi connectivity index (χ3v) is 2.29. The molecular formula is C8H13NOS. The first kappa shape index (κ1) is 8.53. The molecule has 0 aromatic rings. The Kier molecular flexibility index (Phi) is 2.88. The van der Waals surface area contributed by atoms with Gasteiger partial charge in [-0.3, -0.25) is 4.21 Å². The number of allylic oxidation sites excluding steroid dienone is 1. The van der Waals surface area contributed by atoms with Crippen LogP contribution in [0.3, 0.4) is 0 Å². The van der Waals surface area contributed by atoms with Crippen molar-refractivity contribution in [1.29, 1.82) is 0 Å². The van der Waals surface area contributed by atoms with Gasteiger partial charge in [0.15, 0.2) is 0 Å². The summed E-state index contributed by atoms with van der Waals surface area (Å²) in [5.41, 5.74) is 1.18. The van der Waals surface area contributed by atoms with E-state index in [0.717, 1.165) is 6.54 Å². The minimum atomic E-state index is -0.712. The summed E-state index contributed by atoms with van der Waals surface area (Å²) in [6, 6.07) is 0. The first-order chi connectivity index (χ1) is 5.18. The first-order valence-electron chi connectivity index (χ1n) is 3.56. The number of rotatable bonds is 2. The molecule has 1 unspecified atom stereocenters. The lowest BCUT2D eigenvalue weighted by Gasteiger charge is -2.16. The summed E-state index contributed by atoms with van der Waals surface area (Å²) in [5.74, 6) is 0.685. The van der Waals surface area contributed by atoms with Gasteiger partial charge in [-0.2, -0.15) is 0 Å². The first-order valence-corrected chi connectivity index (χ1v) is 5.28. The van der Waals surface area contributed by atoms with Crippen LogP contribution in [0.25, 0.3) is 0 Å². The Balaban J connectivity index is 2.50. The zero-order valence-electron chi connectivity index (χ0n) is 6.91. The van der Waals surface area contributed by atoms with Crippen LogP contribution in [-0.2, 0) is 10.8 Å². The van der Waals surface area contributed by atoms with E-state index in [1.54, 1.807) is 6.26 Å². The summed E-state index contributed by atoms with van der Waals surface area (Å²) >= 11 is 0. The molecule has 0 saturated carbocycles. The van der Waals surface area contributed by atoms with Crippen molar-refractivity contribution in [2.45, 2.75) is 0 Å². The molecule has 0 spiro atoms. The molecule has 0 amide bonds. The predicted octanol–water partition coefficient (Wildman–Crippen LogP) is 0.750. The van der Waals surface area contributed by atoms with Crippen molar-refractivity contribution in [3.05, 3.63) is 23.9 Å². The second-order valence-corrected chi connectivity index (χ2v) is 4.19. The molecule has 11 heavy (non-hydrogen) atoms. The lowest BCUT2D eigenvalue weighted by atomic mass is 10.2. The molecule has 0 aromatic carbocycles. The van der Waals surface area contributed by atoms with Crippen LogP contribution in [0.4, 0.5) is 0 Å². The van der Waals surface area contributed by atoms with Crippen molar-refractivity contribution in [2.24, 2.45) is 0 Å². The number of nitrogens with zero attached hydrogens (tertiary/aromatic N) is 1. The molecule has 0 aliphatic carbocycles. The minimum absolute atomic E-state index is 0.685. The van der Waals surface area contributed by atoms with Crippen LogP contribution < -0.4 is 0 Å². The molecule has 0 N–H and O–H groups in total. The number of hydrogen-bond donors (Lipinski definition) is 0. The molecule has 0 radical (unpaired) electrons. The lowest BCUT2D eigenvalue weighted by Crippen LogP contribution is -2.15. The van der Waals surface area contributed by atoms with E-state index in [4.69, 9.17) is 0 Å². The largest absolute Gasteiger partial charge is 0.377 e. The van der Waals surface area contributed by atoms with E-state index in [1.165, 1.54) is 5.57 Å². The highest BCUT2D eigenvalue weighted by molar-refractivity contribution is 7.84. The van der Waals surface area contributed by atoms with E-state index in [2.05, 4.69) is 11.0 Å². The second-order valence-electron chi connectivity index (χ2n) is 2.75. The summed E-state index contributed by atoms with van der Waals surface area (Å²) in [6.45, 7) is 0.934. The van der Waals surface area contributed by atoms with Crippen molar-refractivity contribution in [3.8, 4) is 0 Å². The van der Waals surface area contributed by atoms with Gasteiger partial charge in [0.05, 0.1) is 0 Å². The maximum Gasteiger partial charge on any atom is 0.0480 e. The normalized spacial score (nSPS) is 19.8. The second kappa shape index (κ2) is 3.72. The summed E-state index contributed by atoms with van der Waals surface area (Å²) in [5, 5.41) is 0. The standard InChI is InChI=1S/C8H13NOS/c1-9-5-3-8(4-6-9)7-11(2)10/h3-5H,6-7H2,1-2H3. The SMILES string of the molecule is CN1C=CC(CS(C)=O)=CC1.